The third-order valence-corrected chi connectivity index (χ3v) is 3.12. The Hall–Kier alpha value is -0.940. The summed E-state index contributed by atoms with van der Waals surface area (Å²) in [4.78, 5) is 12.0. The molecule has 4 nitrogen and oxygen atoms in total. The summed E-state index contributed by atoms with van der Waals surface area (Å²) in [6.45, 7) is 6.60. The summed E-state index contributed by atoms with van der Waals surface area (Å²) in [6, 6.07) is 2.10. The van der Waals surface area contributed by atoms with Gasteiger partial charge in [-0.05, 0) is 33.8 Å². The Morgan fingerprint density at radius 1 is 1.44 bits per heavy atom. The summed E-state index contributed by atoms with van der Waals surface area (Å²) in [5, 5.41) is 0. The lowest BCUT2D eigenvalue weighted by atomic mass is 9.87. The highest BCUT2D eigenvalue weighted by Gasteiger charge is 2.17. The molecule has 0 aromatic carbocycles. The van der Waals surface area contributed by atoms with Gasteiger partial charge in [-0.2, -0.15) is 0 Å². The number of nitrogens with zero attached hydrogens (tertiary/aromatic N) is 2. The number of nitrogens with two attached hydrogens (primary N) is 1. The van der Waals surface area contributed by atoms with Gasteiger partial charge in [0.2, 0.25) is 0 Å². The maximum absolute atomic E-state index is 6.15. The van der Waals surface area contributed by atoms with Crippen LogP contribution in [0.5, 0.6) is 0 Å². The quantitative estimate of drug-likeness (QED) is 0.915. The highest BCUT2D eigenvalue weighted by atomic mass is 79.9. The van der Waals surface area contributed by atoms with Crippen molar-refractivity contribution >= 4 is 27.1 Å². The lowest BCUT2D eigenvalue weighted by molar-refractivity contribution is 0.337. The highest BCUT2D eigenvalue weighted by molar-refractivity contribution is 9.10. The SMILES string of the molecule is CC(C)(C)CC(N)Cc1nc2ncc(Br)cc2[nH]1. The Morgan fingerprint density at radius 3 is 2.83 bits per heavy atom. The minimum absolute atomic E-state index is 0.119. The van der Waals surface area contributed by atoms with E-state index in [2.05, 4.69) is 51.7 Å². The number of H-pyrrole nitrogens is 1. The molecular weight excluding hydrogens is 292 g/mol. The number of halogens is 1. The van der Waals surface area contributed by atoms with Crippen molar-refractivity contribution < 1.29 is 0 Å². The second-order valence-corrected chi connectivity index (χ2v) is 6.85. The Bertz CT molecular complexity index is 541. The highest BCUT2D eigenvalue weighted by Crippen LogP contribution is 2.22. The number of hydrogen-bond donors (Lipinski definition) is 2. The van der Waals surface area contributed by atoms with Crippen molar-refractivity contribution in [3.8, 4) is 0 Å². The van der Waals surface area contributed by atoms with Crippen molar-refractivity contribution in [2.45, 2.75) is 39.7 Å². The molecule has 1 unspecified atom stereocenters. The third-order valence-electron chi connectivity index (χ3n) is 2.68. The number of nitrogens with one attached hydrogen (secondary N) is 1. The molecule has 5 heteroatoms. The van der Waals surface area contributed by atoms with Gasteiger partial charge in [0.25, 0.3) is 0 Å². The molecule has 2 rings (SSSR count). The van der Waals surface area contributed by atoms with Gasteiger partial charge in [-0.25, -0.2) is 9.97 Å². The van der Waals surface area contributed by atoms with Crippen molar-refractivity contribution in [1.29, 1.82) is 0 Å². The standard InChI is InChI=1S/C13H19BrN4/c1-13(2,3)6-9(15)5-11-17-10-4-8(14)7-16-12(10)18-11/h4,7,9H,5-6,15H2,1-3H3,(H,16,17,18). The van der Waals surface area contributed by atoms with E-state index < -0.39 is 0 Å². The predicted octanol–water partition coefficient (Wildman–Crippen LogP) is 3.03. The van der Waals surface area contributed by atoms with Crippen LogP contribution in [0.3, 0.4) is 0 Å². The average molecular weight is 311 g/mol. The molecule has 0 aliphatic rings. The van der Waals surface area contributed by atoms with Crippen molar-refractivity contribution in [3.63, 3.8) is 0 Å². The lowest BCUT2D eigenvalue weighted by Crippen LogP contribution is -2.28. The monoisotopic (exact) mass is 310 g/mol. The summed E-state index contributed by atoms with van der Waals surface area (Å²) in [5.74, 6) is 0.910. The number of pyridine rings is 1. The summed E-state index contributed by atoms with van der Waals surface area (Å²) in [7, 11) is 0. The molecule has 98 valence electrons. The Labute approximate surface area is 116 Å². The Balaban J connectivity index is 2.12. The minimum Gasteiger partial charge on any atom is -0.341 e. The normalized spacial score (nSPS) is 14.1. The van der Waals surface area contributed by atoms with E-state index >= 15 is 0 Å². The van der Waals surface area contributed by atoms with Crippen LogP contribution in [-0.2, 0) is 6.42 Å². The van der Waals surface area contributed by atoms with E-state index in [0.717, 1.165) is 34.3 Å². The molecule has 0 saturated carbocycles. The van der Waals surface area contributed by atoms with Gasteiger partial charge in [0.05, 0.1) is 5.52 Å². The van der Waals surface area contributed by atoms with Crippen LogP contribution in [0, 0.1) is 5.41 Å². The van der Waals surface area contributed by atoms with Gasteiger partial charge in [-0.1, -0.05) is 20.8 Å². The molecule has 2 heterocycles. The summed E-state index contributed by atoms with van der Waals surface area (Å²) < 4.78 is 0.948. The molecule has 0 aliphatic carbocycles. The largest absolute Gasteiger partial charge is 0.341 e. The van der Waals surface area contributed by atoms with Crippen LogP contribution in [0.4, 0.5) is 0 Å². The summed E-state index contributed by atoms with van der Waals surface area (Å²) in [5.41, 5.74) is 8.09. The number of aromatic nitrogens is 3. The maximum atomic E-state index is 6.15. The van der Waals surface area contributed by atoms with Crippen molar-refractivity contribution in [3.05, 3.63) is 22.6 Å². The van der Waals surface area contributed by atoms with E-state index in [9.17, 15) is 0 Å². The minimum atomic E-state index is 0.119. The summed E-state index contributed by atoms with van der Waals surface area (Å²) >= 11 is 3.40. The van der Waals surface area contributed by atoms with Crippen LogP contribution >= 0.6 is 15.9 Å². The number of rotatable bonds is 3. The Morgan fingerprint density at radius 2 is 2.17 bits per heavy atom. The third kappa shape index (κ3) is 3.53. The molecule has 0 bridgehead atoms. The fourth-order valence-electron chi connectivity index (χ4n) is 2.13. The van der Waals surface area contributed by atoms with Gasteiger partial charge in [-0.3, -0.25) is 0 Å². The molecule has 0 radical (unpaired) electrons. The van der Waals surface area contributed by atoms with E-state index in [1.165, 1.54) is 0 Å². The molecule has 2 aromatic heterocycles. The average Bonchev–Trinajstić information content (AvgIpc) is 2.55. The lowest BCUT2D eigenvalue weighted by Gasteiger charge is -2.22. The molecule has 18 heavy (non-hydrogen) atoms. The number of hydrogen-bond acceptors (Lipinski definition) is 3. The molecule has 2 aromatic rings. The molecule has 0 saturated heterocycles. The smallest absolute Gasteiger partial charge is 0.177 e. The van der Waals surface area contributed by atoms with Crippen LogP contribution in [0.15, 0.2) is 16.7 Å². The summed E-state index contributed by atoms with van der Waals surface area (Å²) in [6.07, 6.45) is 3.48. The molecule has 3 N–H and O–H groups in total. The van der Waals surface area contributed by atoms with Gasteiger partial charge in [0.15, 0.2) is 5.65 Å². The zero-order chi connectivity index (χ0) is 13.3. The van der Waals surface area contributed by atoms with Crippen molar-refractivity contribution in [2.24, 2.45) is 11.1 Å². The molecule has 0 amide bonds. The van der Waals surface area contributed by atoms with Crippen LogP contribution in [0.2, 0.25) is 0 Å². The first-order chi connectivity index (χ1) is 8.33. The zero-order valence-corrected chi connectivity index (χ0v) is 12.6. The maximum Gasteiger partial charge on any atom is 0.177 e. The van der Waals surface area contributed by atoms with E-state index in [0.29, 0.717) is 0 Å². The van der Waals surface area contributed by atoms with E-state index in [1.807, 2.05) is 6.07 Å². The van der Waals surface area contributed by atoms with E-state index in [1.54, 1.807) is 6.20 Å². The van der Waals surface area contributed by atoms with E-state index in [-0.39, 0.29) is 11.5 Å². The number of imidazole rings is 1. The molecule has 0 spiro atoms. The first kappa shape index (κ1) is 13.5. The first-order valence-corrected chi connectivity index (χ1v) is 6.88. The van der Waals surface area contributed by atoms with Crippen LogP contribution < -0.4 is 5.73 Å². The van der Waals surface area contributed by atoms with Gasteiger partial charge >= 0.3 is 0 Å². The van der Waals surface area contributed by atoms with Crippen molar-refractivity contribution in [1.82, 2.24) is 15.0 Å². The van der Waals surface area contributed by atoms with Crippen LogP contribution in [-0.4, -0.2) is 21.0 Å². The fourth-order valence-corrected chi connectivity index (χ4v) is 2.46. The van der Waals surface area contributed by atoms with E-state index in [4.69, 9.17) is 5.73 Å². The Kier molecular flexibility index (Phi) is 3.73. The topological polar surface area (TPSA) is 67.6 Å². The van der Waals surface area contributed by atoms with Gasteiger partial charge in [0, 0.05) is 23.1 Å². The number of fused-ring (bicyclic) bond motifs is 1. The number of aromatic amines is 1. The van der Waals surface area contributed by atoms with Gasteiger partial charge in [0.1, 0.15) is 5.82 Å². The second kappa shape index (κ2) is 4.97. The first-order valence-electron chi connectivity index (χ1n) is 6.09. The van der Waals surface area contributed by atoms with Crippen molar-refractivity contribution in [2.75, 3.05) is 0 Å². The molecule has 0 fully saturated rings. The zero-order valence-electron chi connectivity index (χ0n) is 11.0. The van der Waals surface area contributed by atoms with Crippen LogP contribution in [0.25, 0.3) is 11.2 Å². The van der Waals surface area contributed by atoms with Crippen LogP contribution in [0.1, 0.15) is 33.0 Å². The molecular formula is C13H19BrN4. The van der Waals surface area contributed by atoms with Gasteiger partial charge in [-0.15, -0.1) is 0 Å². The second-order valence-electron chi connectivity index (χ2n) is 5.94. The molecule has 0 aliphatic heterocycles. The van der Waals surface area contributed by atoms with Gasteiger partial charge < -0.3 is 10.7 Å². The molecule has 1 atom stereocenters. The predicted molar refractivity (Wildman–Crippen MR) is 77.3 cm³/mol. The fraction of sp³-hybridized carbons (Fsp3) is 0.538.